The average Bonchev–Trinajstić information content (AvgIpc) is 2.83. The lowest BCUT2D eigenvalue weighted by Crippen LogP contribution is -2.02. The van der Waals surface area contributed by atoms with Crippen molar-refractivity contribution < 1.29 is 13.6 Å². The van der Waals surface area contributed by atoms with Gasteiger partial charge in [-0.1, -0.05) is 13.8 Å². The third-order valence-electron chi connectivity index (χ3n) is 3.05. The number of aryl methyl sites for hydroxylation is 1. The molecule has 106 valence electrons. The Bertz CT molecular complexity index is 620. The van der Waals surface area contributed by atoms with Gasteiger partial charge in [-0.25, -0.2) is 8.78 Å². The molecule has 0 aliphatic carbocycles. The predicted molar refractivity (Wildman–Crippen MR) is 72.4 cm³/mol. The number of carbonyl (C=O) groups is 1. The fourth-order valence-electron chi connectivity index (χ4n) is 1.90. The van der Waals surface area contributed by atoms with Crippen LogP contribution in [0.2, 0.25) is 0 Å². The first kappa shape index (κ1) is 14.4. The largest absolute Gasteiger partial charge is 0.298 e. The number of nitrogens with zero attached hydrogens (tertiary/aromatic N) is 2. The molecule has 3 nitrogen and oxygen atoms in total. The molecule has 0 radical (unpaired) electrons. The second kappa shape index (κ2) is 5.94. The molecular formula is C15H16F2N2O. The molecule has 0 N–H and O–H groups in total. The average molecular weight is 278 g/mol. The Kier molecular flexibility index (Phi) is 4.27. The van der Waals surface area contributed by atoms with E-state index in [4.69, 9.17) is 0 Å². The smallest absolute Gasteiger partial charge is 0.159 e. The standard InChI is InChI=1S/C15H16F2N2O/c1-10(2)5-6-19-8-12(9-20)15(18-19)11-3-4-13(16)14(17)7-11/h3-4,7-10H,5-6H2,1-2H3. The maximum atomic E-state index is 13.3. The van der Waals surface area contributed by atoms with Crippen LogP contribution in [0, 0.1) is 17.6 Å². The van der Waals surface area contributed by atoms with E-state index in [-0.39, 0.29) is 0 Å². The van der Waals surface area contributed by atoms with E-state index in [0.717, 1.165) is 18.6 Å². The van der Waals surface area contributed by atoms with Gasteiger partial charge in [-0.3, -0.25) is 9.48 Å². The molecule has 1 aromatic heterocycles. The Morgan fingerprint density at radius 1 is 1.30 bits per heavy atom. The highest BCUT2D eigenvalue weighted by atomic mass is 19.2. The molecule has 2 rings (SSSR count). The lowest BCUT2D eigenvalue weighted by Gasteiger charge is -2.04. The van der Waals surface area contributed by atoms with Gasteiger partial charge in [-0.05, 0) is 30.5 Å². The molecule has 0 atom stereocenters. The summed E-state index contributed by atoms with van der Waals surface area (Å²) in [6, 6.07) is 3.50. The van der Waals surface area contributed by atoms with Gasteiger partial charge < -0.3 is 0 Å². The molecule has 0 unspecified atom stereocenters. The van der Waals surface area contributed by atoms with Gasteiger partial charge in [0.25, 0.3) is 0 Å². The molecule has 0 spiro atoms. The van der Waals surface area contributed by atoms with Crippen LogP contribution in [-0.4, -0.2) is 16.1 Å². The Labute approximate surface area is 116 Å². The number of benzene rings is 1. The summed E-state index contributed by atoms with van der Waals surface area (Å²) in [6.07, 6.45) is 3.23. The minimum atomic E-state index is -0.948. The quantitative estimate of drug-likeness (QED) is 0.782. The van der Waals surface area contributed by atoms with Crippen molar-refractivity contribution in [1.82, 2.24) is 9.78 Å². The van der Waals surface area contributed by atoms with Crippen LogP contribution in [0.5, 0.6) is 0 Å². The van der Waals surface area contributed by atoms with Crippen molar-refractivity contribution in [2.75, 3.05) is 0 Å². The van der Waals surface area contributed by atoms with Crippen molar-refractivity contribution in [2.24, 2.45) is 5.92 Å². The summed E-state index contributed by atoms with van der Waals surface area (Å²) in [5, 5.41) is 4.29. The summed E-state index contributed by atoms with van der Waals surface area (Å²) in [6.45, 7) is 4.88. The molecule has 0 saturated carbocycles. The topological polar surface area (TPSA) is 34.9 Å². The van der Waals surface area contributed by atoms with Crippen LogP contribution in [0.3, 0.4) is 0 Å². The van der Waals surface area contributed by atoms with Crippen molar-refractivity contribution in [1.29, 1.82) is 0 Å². The first-order valence-electron chi connectivity index (χ1n) is 6.49. The van der Waals surface area contributed by atoms with Crippen molar-refractivity contribution in [3.8, 4) is 11.3 Å². The Balaban J connectivity index is 2.34. The first-order chi connectivity index (χ1) is 9.51. The number of carbonyl (C=O) groups excluding carboxylic acids is 1. The number of hydrogen-bond acceptors (Lipinski definition) is 2. The second-order valence-corrected chi connectivity index (χ2v) is 5.13. The minimum Gasteiger partial charge on any atom is -0.298 e. The molecule has 1 aromatic carbocycles. The lowest BCUT2D eigenvalue weighted by atomic mass is 10.1. The van der Waals surface area contributed by atoms with E-state index >= 15 is 0 Å². The van der Waals surface area contributed by atoms with Crippen LogP contribution in [0.1, 0.15) is 30.6 Å². The third kappa shape index (κ3) is 3.10. The normalized spacial score (nSPS) is 11.1. The van der Waals surface area contributed by atoms with Crippen LogP contribution in [-0.2, 0) is 6.54 Å². The van der Waals surface area contributed by atoms with Crippen LogP contribution in [0.4, 0.5) is 8.78 Å². The summed E-state index contributed by atoms with van der Waals surface area (Å²) in [7, 11) is 0. The zero-order chi connectivity index (χ0) is 14.7. The molecule has 0 bridgehead atoms. The van der Waals surface area contributed by atoms with Gasteiger partial charge in [-0.2, -0.15) is 5.10 Å². The summed E-state index contributed by atoms with van der Waals surface area (Å²) < 4.78 is 27.9. The van der Waals surface area contributed by atoms with Crippen molar-refractivity contribution in [3.05, 3.63) is 41.6 Å². The number of rotatable bonds is 5. The highest BCUT2D eigenvalue weighted by Crippen LogP contribution is 2.23. The highest BCUT2D eigenvalue weighted by molar-refractivity contribution is 5.85. The van der Waals surface area contributed by atoms with Crippen LogP contribution in [0.25, 0.3) is 11.3 Å². The van der Waals surface area contributed by atoms with Gasteiger partial charge in [0.05, 0.1) is 5.56 Å². The number of aldehydes is 1. The third-order valence-corrected chi connectivity index (χ3v) is 3.05. The summed E-state index contributed by atoms with van der Waals surface area (Å²) in [5.74, 6) is -1.35. The zero-order valence-electron chi connectivity index (χ0n) is 11.4. The first-order valence-corrected chi connectivity index (χ1v) is 6.49. The fourth-order valence-corrected chi connectivity index (χ4v) is 1.90. The van der Waals surface area contributed by atoms with Crippen molar-refractivity contribution in [3.63, 3.8) is 0 Å². The zero-order valence-corrected chi connectivity index (χ0v) is 11.4. The van der Waals surface area contributed by atoms with E-state index in [1.165, 1.54) is 6.07 Å². The number of hydrogen-bond donors (Lipinski definition) is 0. The molecule has 0 aliphatic heterocycles. The van der Waals surface area contributed by atoms with Crippen LogP contribution < -0.4 is 0 Å². The van der Waals surface area contributed by atoms with Crippen molar-refractivity contribution >= 4 is 6.29 Å². The van der Waals surface area contributed by atoms with E-state index in [2.05, 4.69) is 18.9 Å². The molecule has 1 heterocycles. The van der Waals surface area contributed by atoms with Gasteiger partial charge in [-0.15, -0.1) is 0 Å². The Morgan fingerprint density at radius 2 is 2.05 bits per heavy atom. The SMILES string of the molecule is CC(C)CCn1cc(C=O)c(-c2ccc(F)c(F)c2)n1. The van der Waals surface area contributed by atoms with E-state index in [1.54, 1.807) is 10.9 Å². The predicted octanol–water partition coefficient (Wildman–Crippen LogP) is 3.69. The fraction of sp³-hybridized carbons (Fsp3) is 0.333. The van der Waals surface area contributed by atoms with Gasteiger partial charge in [0, 0.05) is 18.3 Å². The lowest BCUT2D eigenvalue weighted by molar-refractivity contribution is 0.112. The second-order valence-electron chi connectivity index (χ2n) is 5.13. The summed E-state index contributed by atoms with van der Waals surface area (Å²) in [5.41, 5.74) is 1.15. The molecule has 0 saturated heterocycles. The van der Waals surface area contributed by atoms with Crippen LogP contribution >= 0.6 is 0 Å². The molecular weight excluding hydrogens is 262 g/mol. The van der Waals surface area contributed by atoms with Gasteiger partial charge in [0.15, 0.2) is 17.9 Å². The van der Waals surface area contributed by atoms with Gasteiger partial charge in [0.2, 0.25) is 0 Å². The molecule has 0 fully saturated rings. The Hall–Kier alpha value is -2.04. The molecule has 2 aromatic rings. The van der Waals surface area contributed by atoms with Gasteiger partial charge in [0.1, 0.15) is 5.69 Å². The Morgan fingerprint density at radius 3 is 2.65 bits per heavy atom. The molecule has 5 heteroatoms. The van der Waals surface area contributed by atoms with E-state index in [1.807, 2.05) is 0 Å². The highest BCUT2D eigenvalue weighted by Gasteiger charge is 2.13. The summed E-state index contributed by atoms with van der Waals surface area (Å²) in [4.78, 5) is 11.1. The van der Waals surface area contributed by atoms with Gasteiger partial charge >= 0.3 is 0 Å². The molecule has 0 amide bonds. The summed E-state index contributed by atoms with van der Waals surface area (Å²) >= 11 is 0. The van der Waals surface area contributed by atoms with E-state index in [9.17, 15) is 13.6 Å². The minimum absolute atomic E-state index is 0.375. The molecule has 0 aliphatic rings. The van der Waals surface area contributed by atoms with Crippen molar-refractivity contribution in [2.45, 2.75) is 26.8 Å². The maximum absolute atomic E-state index is 13.3. The number of halogens is 2. The monoisotopic (exact) mass is 278 g/mol. The van der Waals surface area contributed by atoms with E-state index < -0.39 is 11.6 Å². The van der Waals surface area contributed by atoms with Crippen LogP contribution in [0.15, 0.2) is 24.4 Å². The molecule has 20 heavy (non-hydrogen) atoms. The van der Waals surface area contributed by atoms with E-state index in [0.29, 0.717) is 35.6 Å². The maximum Gasteiger partial charge on any atom is 0.159 e. The number of aromatic nitrogens is 2.